The van der Waals surface area contributed by atoms with Crippen molar-refractivity contribution in [2.24, 2.45) is 4.99 Å². The molecule has 2 aromatic carbocycles. The summed E-state index contributed by atoms with van der Waals surface area (Å²) in [6, 6.07) is 16.5. The van der Waals surface area contributed by atoms with Gasteiger partial charge in [-0.15, -0.1) is 24.0 Å². The molecule has 2 aromatic rings. The van der Waals surface area contributed by atoms with Gasteiger partial charge in [0.25, 0.3) is 0 Å². The van der Waals surface area contributed by atoms with Gasteiger partial charge in [0.05, 0.1) is 0 Å². The van der Waals surface area contributed by atoms with Crippen molar-refractivity contribution < 1.29 is 0 Å². The van der Waals surface area contributed by atoms with E-state index >= 15 is 0 Å². The summed E-state index contributed by atoms with van der Waals surface area (Å²) >= 11 is 0. The third-order valence-electron chi connectivity index (χ3n) is 5.90. The largest absolute Gasteiger partial charge is 0.352 e. The van der Waals surface area contributed by atoms with E-state index < -0.39 is 0 Å². The minimum Gasteiger partial charge on any atom is -0.352 e. The second-order valence-electron chi connectivity index (χ2n) is 7.67. The Morgan fingerprint density at radius 1 is 1.07 bits per heavy atom. The summed E-state index contributed by atoms with van der Waals surface area (Å²) in [6.07, 6.45) is 6.82. The molecule has 1 unspecified atom stereocenters. The van der Waals surface area contributed by atoms with Gasteiger partial charge in [-0.05, 0) is 41.7 Å². The third-order valence-corrected chi connectivity index (χ3v) is 5.90. The zero-order valence-electron chi connectivity index (χ0n) is 16.2. The summed E-state index contributed by atoms with van der Waals surface area (Å²) in [5.41, 5.74) is 1.28. The highest BCUT2D eigenvalue weighted by Crippen LogP contribution is 2.26. The summed E-state index contributed by atoms with van der Waals surface area (Å²) < 4.78 is 0. The number of nitrogens with one attached hydrogen (secondary N) is 2. The number of likely N-dealkylation sites (tertiary alicyclic amines) is 1. The van der Waals surface area contributed by atoms with E-state index in [4.69, 9.17) is 0 Å². The molecule has 1 atom stereocenters. The molecule has 0 spiro atoms. The highest BCUT2D eigenvalue weighted by atomic mass is 127. The molecule has 0 bridgehead atoms. The SMILES string of the molecule is CN=C(NCc1ccc2ccccc2c1)NC1CCN(C2CCCC2)C1.I. The first-order valence-corrected chi connectivity index (χ1v) is 10.0. The molecule has 4 rings (SSSR count). The molecule has 2 aliphatic rings. The first-order chi connectivity index (χ1) is 12.8. The van der Waals surface area contributed by atoms with Crippen molar-refractivity contribution in [3.05, 3.63) is 48.0 Å². The summed E-state index contributed by atoms with van der Waals surface area (Å²) in [6.45, 7) is 3.18. The van der Waals surface area contributed by atoms with Crippen LogP contribution in [0.1, 0.15) is 37.7 Å². The number of nitrogens with zero attached hydrogens (tertiary/aromatic N) is 2. The monoisotopic (exact) mass is 478 g/mol. The maximum absolute atomic E-state index is 4.43. The molecular weight excluding hydrogens is 447 g/mol. The zero-order chi connectivity index (χ0) is 17.8. The molecule has 0 amide bonds. The Bertz CT molecular complexity index is 770. The van der Waals surface area contributed by atoms with Crippen molar-refractivity contribution in [2.45, 2.75) is 50.7 Å². The highest BCUT2D eigenvalue weighted by molar-refractivity contribution is 14.0. The number of rotatable bonds is 4. The van der Waals surface area contributed by atoms with Crippen LogP contribution < -0.4 is 10.6 Å². The molecule has 1 heterocycles. The van der Waals surface area contributed by atoms with E-state index in [2.05, 4.69) is 63.0 Å². The second kappa shape index (κ2) is 9.73. The Morgan fingerprint density at radius 3 is 2.63 bits per heavy atom. The molecule has 1 aliphatic heterocycles. The van der Waals surface area contributed by atoms with Gasteiger partial charge in [0.1, 0.15) is 0 Å². The lowest BCUT2D eigenvalue weighted by Crippen LogP contribution is -2.45. The molecule has 2 fully saturated rings. The quantitative estimate of drug-likeness (QED) is 0.394. The maximum Gasteiger partial charge on any atom is 0.191 e. The normalized spacial score (nSPS) is 21.4. The molecule has 27 heavy (non-hydrogen) atoms. The van der Waals surface area contributed by atoms with Crippen LogP contribution in [0.5, 0.6) is 0 Å². The topological polar surface area (TPSA) is 39.7 Å². The van der Waals surface area contributed by atoms with Crippen molar-refractivity contribution in [1.82, 2.24) is 15.5 Å². The van der Waals surface area contributed by atoms with Crippen LogP contribution in [0.4, 0.5) is 0 Å². The van der Waals surface area contributed by atoms with E-state index in [0.717, 1.165) is 25.1 Å². The van der Waals surface area contributed by atoms with E-state index in [1.54, 1.807) is 0 Å². The minimum absolute atomic E-state index is 0. The smallest absolute Gasteiger partial charge is 0.191 e. The Balaban J connectivity index is 0.00000210. The molecule has 2 N–H and O–H groups in total. The second-order valence-corrected chi connectivity index (χ2v) is 7.67. The van der Waals surface area contributed by atoms with Crippen molar-refractivity contribution in [3.8, 4) is 0 Å². The first-order valence-electron chi connectivity index (χ1n) is 10.0. The standard InChI is InChI=1S/C22H30N4.HI/c1-23-22(25-20-12-13-26(16-20)21-8-4-5-9-21)24-15-17-10-11-18-6-2-3-7-19(18)14-17;/h2-3,6-7,10-11,14,20-21H,4-5,8-9,12-13,15-16H2,1H3,(H2,23,24,25);1H. The van der Waals surface area contributed by atoms with Crippen molar-refractivity contribution >= 4 is 40.7 Å². The van der Waals surface area contributed by atoms with Crippen LogP contribution in [-0.4, -0.2) is 43.1 Å². The molecule has 1 saturated heterocycles. The third kappa shape index (κ3) is 5.13. The van der Waals surface area contributed by atoms with E-state index in [1.165, 1.54) is 55.0 Å². The molecule has 1 aliphatic carbocycles. The van der Waals surface area contributed by atoms with Gasteiger partial charge in [0.15, 0.2) is 5.96 Å². The molecule has 0 radical (unpaired) electrons. The van der Waals surface area contributed by atoms with E-state index in [0.29, 0.717) is 6.04 Å². The molecule has 4 nitrogen and oxygen atoms in total. The van der Waals surface area contributed by atoms with E-state index in [9.17, 15) is 0 Å². The number of guanidine groups is 1. The van der Waals surface area contributed by atoms with Crippen LogP contribution in [0.15, 0.2) is 47.5 Å². The van der Waals surface area contributed by atoms with E-state index in [-0.39, 0.29) is 24.0 Å². The molecule has 1 saturated carbocycles. The van der Waals surface area contributed by atoms with Crippen molar-refractivity contribution in [2.75, 3.05) is 20.1 Å². The van der Waals surface area contributed by atoms with Gasteiger partial charge in [0, 0.05) is 38.8 Å². The average Bonchev–Trinajstić information content (AvgIpc) is 3.36. The zero-order valence-corrected chi connectivity index (χ0v) is 18.5. The Hall–Kier alpha value is -1.34. The number of halogens is 1. The van der Waals surface area contributed by atoms with Crippen LogP contribution in [0.3, 0.4) is 0 Å². The summed E-state index contributed by atoms with van der Waals surface area (Å²) in [5, 5.41) is 9.68. The lowest BCUT2D eigenvalue weighted by Gasteiger charge is -2.24. The van der Waals surface area contributed by atoms with Gasteiger partial charge in [0.2, 0.25) is 0 Å². The van der Waals surface area contributed by atoms with Crippen molar-refractivity contribution in [1.29, 1.82) is 0 Å². The molecular formula is C22H31IN4. The fourth-order valence-corrected chi connectivity index (χ4v) is 4.43. The lowest BCUT2D eigenvalue weighted by molar-refractivity contribution is 0.242. The van der Waals surface area contributed by atoms with Gasteiger partial charge in [-0.25, -0.2) is 0 Å². The van der Waals surface area contributed by atoms with Crippen LogP contribution in [0.25, 0.3) is 10.8 Å². The molecule has 146 valence electrons. The average molecular weight is 478 g/mol. The van der Waals surface area contributed by atoms with Crippen LogP contribution in [0, 0.1) is 0 Å². The number of benzene rings is 2. The Morgan fingerprint density at radius 2 is 1.85 bits per heavy atom. The number of aliphatic imine (C=N–C) groups is 1. The summed E-state index contributed by atoms with van der Waals surface area (Å²) in [4.78, 5) is 7.11. The predicted octanol–water partition coefficient (Wildman–Crippen LogP) is 4.14. The number of fused-ring (bicyclic) bond motifs is 1. The maximum atomic E-state index is 4.43. The summed E-state index contributed by atoms with van der Waals surface area (Å²) in [5.74, 6) is 0.913. The number of hydrogen-bond acceptors (Lipinski definition) is 2. The van der Waals surface area contributed by atoms with Crippen LogP contribution in [0.2, 0.25) is 0 Å². The molecule has 0 aromatic heterocycles. The fourth-order valence-electron chi connectivity index (χ4n) is 4.43. The number of hydrogen-bond donors (Lipinski definition) is 2. The van der Waals surface area contributed by atoms with E-state index in [1.807, 2.05) is 7.05 Å². The fraction of sp³-hybridized carbons (Fsp3) is 0.500. The Kier molecular flexibility index (Phi) is 7.35. The summed E-state index contributed by atoms with van der Waals surface area (Å²) in [7, 11) is 1.86. The predicted molar refractivity (Wildman–Crippen MR) is 125 cm³/mol. The van der Waals surface area contributed by atoms with Gasteiger partial charge in [-0.3, -0.25) is 9.89 Å². The van der Waals surface area contributed by atoms with Crippen LogP contribution >= 0.6 is 24.0 Å². The van der Waals surface area contributed by atoms with Crippen LogP contribution in [-0.2, 0) is 6.54 Å². The highest BCUT2D eigenvalue weighted by Gasteiger charge is 2.30. The van der Waals surface area contributed by atoms with Gasteiger partial charge >= 0.3 is 0 Å². The van der Waals surface area contributed by atoms with Gasteiger partial charge in [-0.2, -0.15) is 0 Å². The minimum atomic E-state index is 0. The van der Waals surface area contributed by atoms with Gasteiger partial charge < -0.3 is 10.6 Å². The Labute approximate surface area is 179 Å². The molecule has 5 heteroatoms. The first kappa shape index (κ1) is 20.4. The van der Waals surface area contributed by atoms with Crippen molar-refractivity contribution in [3.63, 3.8) is 0 Å². The lowest BCUT2D eigenvalue weighted by atomic mass is 10.1. The van der Waals surface area contributed by atoms with Gasteiger partial charge in [-0.1, -0.05) is 49.2 Å².